The zero-order valence-electron chi connectivity index (χ0n) is 12.9. The topological polar surface area (TPSA) is 93.1 Å². The maximum Gasteiger partial charge on any atom is 0.341 e. The molecule has 2 amide bonds. The Morgan fingerprint density at radius 1 is 1.48 bits per heavy atom. The number of hydrogen-bond donors (Lipinski definition) is 1. The van der Waals surface area contributed by atoms with Crippen LogP contribution in [0.25, 0.3) is 6.08 Å². The lowest BCUT2D eigenvalue weighted by Crippen LogP contribution is -2.28. The summed E-state index contributed by atoms with van der Waals surface area (Å²) in [4.78, 5) is 35.8. The highest BCUT2D eigenvalue weighted by Crippen LogP contribution is 2.39. The number of terminal acetylenes is 1. The zero-order chi connectivity index (χ0) is 18.6. The standard InChI is InChI=1S/C16H12BrNO6S/c1-3-4-18-15(21)12(25-16(18)22)7-9-5-10(17)14(11(6-9)23-2)24-8-13(19)20/h1,5-7H,4,8H2,2H3,(H,19,20)/b12-7-. The number of amides is 2. The van der Waals surface area contributed by atoms with Crippen LogP contribution < -0.4 is 9.47 Å². The van der Waals surface area contributed by atoms with Crippen molar-refractivity contribution in [1.29, 1.82) is 0 Å². The summed E-state index contributed by atoms with van der Waals surface area (Å²) in [5.41, 5.74) is 0.567. The van der Waals surface area contributed by atoms with Gasteiger partial charge >= 0.3 is 5.97 Å². The van der Waals surface area contributed by atoms with Gasteiger partial charge in [0.2, 0.25) is 0 Å². The van der Waals surface area contributed by atoms with Crippen molar-refractivity contribution in [3.8, 4) is 23.8 Å². The lowest BCUT2D eigenvalue weighted by Gasteiger charge is -2.12. The number of hydrogen-bond acceptors (Lipinski definition) is 6. The van der Waals surface area contributed by atoms with Gasteiger partial charge in [-0.2, -0.15) is 0 Å². The van der Waals surface area contributed by atoms with Gasteiger partial charge in [0.25, 0.3) is 11.1 Å². The van der Waals surface area contributed by atoms with E-state index in [9.17, 15) is 14.4 Å². The number of ether oxygens (including phenoxy) is 2. The molecule has 9 heteroatoms. The first-order valence-corrected chi connectivity index (χ1v) is 8.39. The van der Waals surface area contributed by atoms with Gasteiger partial charge < -0.3 is 14.6 Å². The number of halogens is 1. The molecule has 1 aromatic carbocycles. The minimum atomic E-state index is -1.12. The zero-order valence-corrected chi connectivity index (χ0v) is 15.3. The van der Waals surface area contributed by atoms with Gasteiger partial charge in [-0.15, -0.1) is 6.42 Å². The molecule has 1 aliphatic rings. The van der Waals surface area contributed by atoms with Gasteiger partial charge in [-0.3, -0.25) is 14.5 Å². The number of methoxy groups -OCH3 is 1. The van der Waals surface area contributed by atoms with E-state index < -0.39 is 23.7 Å². The van der Waals surface area contributed by atoms with E-state index in [0.29, 0.717) is 10.0 Å². The average molecular weight is 426 g/mol. The smallest absolute Gasteiger partial charge is 0.341 e. The highest BCUT2D eigenvalue weighted by molar-refractivity contribution is 9.10. The van der Waals surface area contributed by atoms with Crippen LogP contribution in [0.15, 0.2) is 21.5 Å². The Morgan fingerprint density at radius 2 is 2.20 bits per heavy atom. The highest BCUT2D eigenvalue weighted by atomic mass is 79.9. The Labute approximate surface area is 156 Å². The first-order chi connectivity index (χ1) is 11.9. The Kier molecular flexibility index (Phi) is 6.12. The Balaban J connectivity index is 2.33. The second-order valence-corrected chi connectivity index (χ2v) is 6.54. The number of carboxylic acids is 1. The van der Waals surface area contributed by atoms with Crippen LogP contribution in [0.5, 0.6) is 11.5 Å². The molecule has 2 rings (SSSR count). The number of carboxylic acid groups (broad SMARTS) is 1. The molecule has 130 valence electrons. The van der Waals surface area contributed by atoms with E-state index in [1.165, 1.54) is 13.2 Å². The van der Waals surface area contributed by atoms with Crippen molar-refractivity contribution in [2.24, 2.45) is 0 Å². The molecule has 0 aliphatic carbocycles. The summed E-state index contributed by atoms with van der Waals surface area (Å²) in [6, 6.07) is 3.19. The quantitative estimate of drug-likeness (QED) is 0.552. The van der Waals surface area contributed by atoms with E-state index >= 15 is 0 Å². The molecular formula is C16H12BrNO6S. The average Bonchev–Trinajstić information content (AvgIpc) is 2.81. The third-order valence-electron chi connectivity index (χ3n) is 3.01. The van der Waals surface area contributed by atoms with Crippen molar-refractivity contribution in [3.63, 3.8) is 0 Å². The van der Waals surface area contributed by atoms with Crippen molar-refractivity contribution in [3.05, 3.63) is 27.1 Å². The summed E-state index contributed by atoms with van der Waals surface area (Å²) < 4.78 is 10.8. The van der Waals surface area contributed by atoms with Gasteiger partial charge in [0, 0.05) is 0 Å². The molecule has 1 aliphatic heterocycles. The predicted octanol–water partition coefficient (Wildman–Crippen LogP) is 2.59. The summed E-state index contributed by atoms with van der Waals surface area (Å²) in [5.74, 6) is 1.18. The van der Waals surface area contributed by atoms with Crippen LogP contribution in [-0.4, -0.2) is 47.4 Å². The van der Waals surface area contributed by atoms with Gasteiger partial charge in [-0.05, 0) is 51.5 Å². The molecule has 0 aromatic heterocycles. The van der Waals surface area contributed by atoms with Gasteiger partial charge in [0.1, 0.15) is 0 Å². The molecule has 0 saturated carbocycles. The molecule has 1 N–H and O–H groups in total. The van der Waals surface area contributed by atoms with Crippen LogP contribution in [0.1, 0.15) is 5.56 Å². The number of thioether (sulfide) groups is 1. The molecule has 0 bridgehead atoms. The van der Waals surface area contributed by atoms with Crippen molar-refractivity contribution < 1.29 is 29.0 Å². The lowest BCUT2D eigenvalue weighted by molar-refractivity contribution is -0.139. The van der Waals surface area contributed by atoms with Crippen molar-refractivity contribution in [1.82, 2.24) is 4.90 Å². The van der Waals surface area contributed by atoms with Crippen LogP contribution >= 0.6 is 27.7 Å². The maximum absolute atomic E-state index is 12.2. The minimum Gasteiger partial charge on any atom is -0.493 e. The second kappa shape index (κ2) is 8.09. The number of imide groups is 1. The van der Waals surface area contributed by atoms with Crippen molar-refractivity contribution in [2.45, 2.75) is 0 Å². The van der Waals surface area contributed by atoms with E-state index in [1.54, 1.807) is 12.1 Å². The monoisotopic (exact) mass is 425 g/mol. The molecule has 7 nitrogen and oxygen atoms in total. The maximum atomic E-state index is 12.2. The number of aliphatic carboxylic acids is 1. The Morgan fingerprint density at radius 3 is 2.80 bits per heavy atom. The molecular weight excluding hydrogens is 414 g/mol. The number of nitrogens with zero attached hydrogens (tertiary/aromatic N) is 1. The Bertz CT molecular complexity index is 814. The SMILES string of the molecule is C#CCN1C(=O)S/C(=C\c2cc(Br)c(OCC(=O)O)c(OC)c2)C1=O. The molecule has 1 heterocycles. The normalized spacial score (nSPS) is 15.4. The molecule has 0 atom stereocenters. The first-order valence-electron chi connectivity index (χ1n) is 6.78. The second-order valence-electron chi connectivity index (χ2n) is 4.69. The number of rotatable bonds is 6. The predicted molar refractivity (Wildman–Crippen MR) is 95.3 cm³/mol. The van der Waals surface area contributed by atoms with Crippen LogP contribution in [0.3, 0.4) is 0 Å². The van der Waals surface area contributed by atoms with E-state index in [0.717, 1.165) is 16.7 Å². The Hall–Kier alpha value is -2.44. The number of benzene rings is 1. The fraction of sp³-hybridized carbons (Fsp3) is 0.188. The number of carbonyl (C=O) groups is 3. The molecule has 0 unspecified atom stereocenters. The summed E-state index contributed by atoms with van der Waals surface area (Å²) in [6.07, 6.45) is 6.68. The van der Waals surface area contributed by atoms with E-state index in [-0.39, 0.29) is 22.9 Å². The van der Waals surface area contributed by atoms with E-state index in [2.05, 4.69) is 21.9 Å². The van der Waals surface area contributed by atoms with Crippen LogP contribution in [-0.2, 0) is 9.59 Å². The van der Waals surface area contributed by atoms with Crippen LogP contribution in [0.4, 0.5) is 4.79 Å². The summed E-state index contributed by atoms with van der Waals surface area (Å²) in [6.45, 7) is -0.615. The molecule has 1 aromatic rings. The minimum absolute atomic E-state index is 0.0863. The number of carbonyl (C=O) groups excluding carboxylic acids is 2. The fourth-order valence-electron chi connectivity index (χ4n) is 1.98. The summed E-state index contributed by atoms with van der Waals surface area (Å²) in [7, 11) is 1.40. The van der Waals surface area contributed by atoms with Crippen molar-refractivity contribution in [2.75, 3.05) is 20.3 Å². The third kappa shape index (κ3) is 4.35. The van der Waals surface area contributed by atoms with Crippen LogP contribution in [0.2, 0.25) is 0 Å². The summed E-state index contributed by atoms with van der Waals surface area (Å²) in [5, 5.41) is 8.29. The molecule has 25 heavy (non-hydrogen) atoms. The van der Waals surface area contributed by atoms with E-state index in [4.69, 9.17) is 21.0 Å². The van der Waals surface area contributed by atoms with E-state index in [1.807, 2.05) is 0 Å². The third-order valence-corrected chi connectivity index (χ3v) is 4.51. The fourth-order valence-corrected chi connectivity index (χ4v) is 3.39. The van der Waals surface area contributed by atoms with Gasteiger partial charge in [-0.25, -0.2) is 4.79 Å². The molecule has 0 radical (unpaired) electrons. The lowest BCUT2D eigenvalue weighted by atomic mass is 10.2. The largest absolute Gasteiger partial charge is 0.493 e. The van der Waals surface area contributed by atoms with Gasteiger partial charge in [0.15, 0.2) is 18.1 Å². The summed E-state index contributed by atoms with van der Waals surface area (Å²) >= 11 is 4.07. The molecule has 1 saturated heterocycles. The molecule has 0 spiro atoms. The highest BCUT2D eigenvalue weighted by Gasteiger charge is 2.34. The van der Waals surface area contributed by atoms with Gasteiger partial charge in [0.05, 0.1) is 23.0 Å². The molecule has 1 fully saturated rings. The van der Waals surface area contributed by atoms with Gasteiger partial charge in [-0.1, -0.05) is 5.92 Å². The van der Waals surface area contributed by atoms with Crippen LogP contribution in [0, 0.1) is 12.3 Å². The first kappa shape index (κ1) is 18.9. The van der Waals surface area contributed by atoms with Crippen molar-refractivity contribution >= 4 is 50.9 Å².